The first-order valence-electron chi connectivity index (χ1n) is 6.91. The summed E-state index contributed by atoms with van der Waals surface area (Å²) < 4.78 is 27.5. The normalized spacial score (nSPS) is 22.7. The zero-order valence-electron chi connectivity index (χ0n) is 11.5. The molecule has 0 bridgehead atoms. The van der Waals surface area contributed by atoms with E-state index >= 15 is 0 Å². The minimum atomic E-state index is -3.65. The van der Waals surface area contributed by atoms with Gasteiger partial charge in [-0.3, -0.25) is 0 Å². The van der Waals surface area contributed by atoms with Gasteiger partial charge < -0.3 is 10.4 Å². The maximum absolute atomic E-state index is 12.5. The topological polar surface area (TPSA) is 78.4 Å². The van der Waals surface area contributed by atoms with E-state index in [1.807, 2.05) is 24.3 Å². The first kappa shape index (κ1) is 14.5. The third-order valence-electron chi connectivity index (χ3n) is 3.85. The molecule has 112 valence electrons. The standard InChI is InChI=1S/C15H18N2O3S/c18-15(8-9-16-10-15)11-17-21(19,20)14-7-3-5-12-4-1-2-6-13(12)14/h1-7,16-18H,8-11H2. The van der Waals surface area contributed by atoms with Crippen LogP contribution in [0.4, 0.5) is 0 Å². The van der Waals surface area contributed by atoms with Crippen LogP contribution < -0.4 is 10.0 Å². The number of rotatable bonds is 4. The molecule has 1 fully saturated rings. The molecule has 1 aliphatic rings. The summed E-state index contributed by atoms with van der Waals surface area (Å²) in [5.74, 6) is 0. The van der Waals surface area contributed by atoms with Gasteiger partial charge in [-0.15, -0.1) is 0 Å². The predicted molar refractivity (Wildman–Crippen MR) is 81.6 cm³/mol. The molecule has 3 N–H and O–H groups in total. The van der Waals surface area contributed by atoms with Gasteiger partial charge in [0.25, 0.3) is 0 Å². The van der Waals surface area contributed by atoms with Gasteiger partial charge in [0.1, 0.15) is 0 Å². The lowest BCUT2D eigenvalue weighted by molar-refractivity contribution is 0.0668. The van der Waals surface area contributed by atoms with Crippen LogP contribution in [-0.4, -0.2) is 38.8 Å². The fourth-order valence-corrected chi connectivity index (χ4v) is 3.97. The smallest absolute Gasteiger partial charge is 0.241 e. The quantitative estimate of drug-likeness (QED) is 0.782. The Hall–Kier alpha value is -1.47. The van der Waals surface area contributed by atoms with Crippen molar-refractivity contribution in [1.82, 2.24) is 10.0 Å². The Morgan fingerprint density at radius 2 is 1.95 bits per heavy atom. The van der Waals surface area contributed by atoms with E-state index in [0.717, 1.165) is 5.39 Å². The average Bonchev–Trinajstić information content (AvgIpc) is 2.92. The second-order valence-electron chi connectivity index (χ2n) is 5.45. The lowest BCUT2D eigenvalue weighted by atomic mass is 10.1. The number of hydrogen-bond acceptors (Lipinski definition) is 4. The van der Waals surface area contributed by atoms with Crippen LogP contribution in [-0.2, 0) is 10.0 Å². The van der Waals surface area contributed by atoms with Crippen LogP contribution in [0.3, 0.4) is 0 Å². The molecule has 6 heteroatoms. The zero-order valence-corrected chi connectivity index (χ0v) is 12.4. The lowest BCUT2D eigenvalue weighted by Crippen LogP contribution is -2.44. The summed E-state index contributed by atoms with van der Waals surface area (Å²) in [5, 5.41) is 14.8. The Bertz CT molecular complexity index is 747. The molecule has 0 saturated carbocycles. The van der Waals surface area contributed by atoms with Crippen molar-refractivity contribution in [1.29, 1.82) is 0 Å². The van der Waals surface area contributed by atoms with Crippen molar-refractivity contribution in [2.45, 2.75) is 16.9 Å². The maximum atomic E-state index is 12.5. The van der Waals surface area contributed by atoms with Gasteiger partial charge in [0.2, 0.25) is 10.0 Å². The van der Waals surface area contributed by atoms with Gasteiger partial charge in [-0.25, -0.2) is 13.1 Å². The Labute approximate surface area is 124 Å². The summed E-state index contributed by atoms with van der Waals surface area (Å²) >= 11 is 0. The molecule has 1 heterocycles. The first-order valence-corrected chi connectivity index (χ1v) is 8.39. The Kier molecular flexibility index (Phi) is 3.71. The third-order valence-corrected chi connectivity index (χ3v) is 5.31. The number of sulfonamides is 1. The number of hydrogen-bond donors (Lipinski definition) is 3. The van der Waals surface area contributed by atoms with Crippen LogP contribution in [0.15, 0.2) is 47.4 Å². The van der Waals surface area contributed by atoms with Crippen molar-refractivity contribution >= 4 is 20.8 Å². The van der Waals surface area contributed by atoms with E-state index in [0.29, 0.717) is 24.9 Å². The van der Waals surface area contributed by atoms with E-state index < -0.39 is 15.6 Å². The van der Waals surface area contributed by atoms with Gasteiger partial charge in [-0.2, -0.15) is 0 Å². The molecular formula is C15H18N2O3S. The third kappa shape index (κ3) is 2.94. The molecule has 0 amide bonds. The van der Waals surface area contributed by atoms with E-state index in [4.69, 9.17) is 0 Å². The van der Waals surface area contributed by atoms with E-state index in [-0.39, 0.29) is 11.4 Å². The van der Waals surface area contributed by atoms with Crippen LogP contribution in [0.2, 0.25) is 0 Å². The molecule has 1 saturated heterocycles. The SMILES string of the molecule is O=S(=O)(NCC1(O)CCNC1)c1cccc2ccccc12. The number of β-amino-alcohol motifs (C(OH)–C–C–N with tert-alkyl or cyclic N) is 1. The van der Waals surface area contributed by atoms with Gasteiger partial charge in [-0.05, 0) is 24.4 Å². The summed E-state index contributed by atoms with van der Waals surface area (Å²) in [4.78, 5) is 0.246. The summed E-state index contributed by atoms with van der Waals surface area (Å²) in [5.41, 5.74) is -1.00. The molecular weight excluding hydrogens is 288 g/mol. The van der Waals surface area contributed by atoms with Crippen LogP contribution in [0, 0.1) is 0 Å². The summed E-state index contributed by atoms with van der Waals surface area (Å²) in [6, 6.07) is 12.5. The maximum Gasteiger partial charge on any atom is 0.241 e. The van der Waals surface area contributed by atoms with Crippen LogP contribution in [0.1, 0.15) is 6.42 Å². The number of fused-ring (bicyclic) bond motifs is 1. The van der Waals surface area contributed by atoms with Gasteiger partial charge in [0.15, 0.2) is 0 Å². The van der Waals surface area contributed by atoms with Crippen molar-refractivity contribution in [3.63, 3.8) is 0 Å². The van der Waals surface area contributed by atoms with Crippen molar-refractivity contribution < 1.29 is 13.5 Å². The molecule has 0 spiro atoms. The van der Waals surface area contributed by atoms with E-state index in [9.17, 15) is 13.5 Å². The fourth-order valence-electron chi connectivity index (χ4n) is 2.62. The van der Waals surface area contributed by atoms with Gasteiger partial charge >= 0.3 is 0 Å². The number of aliphatic hydroxyl groups is 1. The van der Waals surface area contributed by atoms with Crippen molar-refractivity contribution in [2.75, 3.05) is 19.6 Å². The van der Waals surface area contributed by atoms with Crippen molar-refractivity contribution in [3.8, 4) is 0 Å². The largest absolute Gasteiger partial charge is 0.387 e. The van der Waals surface area contributed by atoms with E-state index in [1.165, 1.54) is 0 Å². The van der Waals surface area contributed by atoms with Crippen molar-refractivity contribution in [3.05, 3.63) is 42.5 Å². The van der Waals surface area contributed by atoms with Crippen LogP contribution >= 0.6 is 0 Å². The summed E-state index contributed by atoms with van der Waals surface area (Å²) in [6.07, 6.45) is 0.547. The zero-order chi connectivity index (χ0) is 14.9. The molecule has 0 radical (unpaired) electrons. The molecule has 0 aliphatic carbocycles. The summed E-state index contributed by atoms with van der Waals surface area (Å²) in [6.45, 7) is 1.13. The molecule has 5 nitrogen and oxygen atoms in total. The Morgan fingerprint density at radius 3 is 2.71 bits per heavy atom. The second-order valence-corrected chi connectivity index (χ2v) is 7.19. The highest BCUT2D eigenvalue weighted by Crippen LogP contribution is 2.23. The van der Waals surface area contributed by atoms with Gasteiger partial charge in [0, 0.05) is 18.5 Å². The average molecular weight is 306 g/mol. The molecule has 2 aromatic rings. The highest BCUT2D eigenvalue weighted by Gasteiger charge is 2.32. The molecule has 1 aliphatic heterocycles. The van der Waals surface area contributed by atoms with Crippen LogP contribution in [0.5, 0.6) is 0 Å². The van der Waals surface area contributed by atoms with E-state index in [2.05, 4.69) is 10.0 Å². The Morgan fingerprint density at radius 1 is 1.19 bits per heavy atom. The molecule has 3 rings (SSSR count). The number of nitrogens with one attached hydrogen (secondary N) is 2. The van der Waals surface area contributed by atoms with Gasteiger partial charge in [0.05, 0.1) is 10.5 Å². The Balaban J connectivity index is 1.90. The molecule has 2 aromatic carbocycles. The highest BCUT2D eigenvalue weighted by molar-refractivity contribution is 7.89. The monoisotopic (exact) mass is 306 g/mol. The van der Waals surface area contributed by atoms with Gasteiger partial charge in [-0.1, -0.05) is 36.4 Å². The second kappa shape index (κ2) is 5.38. The molecule has 0 aromatic heterocycles. The molecule has 1 atom stereocenters. The van der Waals surface area contributed by atoms with E-state index in [1.54, 1.807) is 18.2 Å². The fraction of sp³-hybridized carbons (Fsp3) is 0.333. The van der Waals surface area contributed by atoms with Crippen molar-refractivity contribution in [2.24, 2.45) is 0 Å². The number of benzene rings is 2. The minimum Gasteiger partial charge on any atom is -0.387 e. The molecule has 21 heavy (non-hydrogen) atoms. The minimum absolute atomic E-state index is 0.0194. The first-order chi connectivity index (χ1) is 10.0. The highest BCUT2D eigenvalue weighted by atomic mass is 32.2. The summed E-state index contributed by atoms with van der Waals surface area (Å²) in [7, 11) is -3.65. The predicted octanol–water partition coefficient (Wildman–Crippen LogP) is 0.842. The van der Waals surface area contributed by atoms with Crippen LogP contribution in [0.25, 0.3) is 10.8 Å². The lowest BCUT2D eigenvalue weighted by Gasteiger charge is -2.21. The molecule has 1 unspecified atom stereocenters.